The highest BCUT2D eigenvalue weighted by atomic mass is 32.3. The molecule has 8 aliphatic heterocycles. The fourth-order valence-electron chi connectivity index (χ4n) is 13.9. The van der Waals surface area contributed by atoms with Crippen LogP contribution in [0, 0.1) is 0 Å². The number of aliphatic hydroxyl groups is 9. The molecule has 75 nitrogen and oxygen atoms in total. The minimum absolute atomic E-state index is 0.430. The standard InChI is InChI=1S/C51H80N4O71S10/c1-8(56)52-15-20(59)27(114-48-19(58)9(57)3-10(109-48)40(66)67)12(5-106-131(86,87)88)111-45(15)118-32-23(62)24(63)49(121-37(32)41(68)69)117-30-14(7-108-133(92,93)94)113-47(18(55-129(80,81)82)31(30)124-134(95,96)97)120-34-26(65)36(126-136(101,102)103)51(123-39(34)43(72)73)116-29-13(6-107-132(89,90)91)112-46(17(22(29)61)54-128(77,78)79)119-33-25(64)35(125-135(98,99)100)50(122-38(33)42(70)71)115-28-11(4-105-130(83,84)85)110-44(104-2)16(21(28)60)53-127(74,75)76/h3,9,11-39,44-51,53-55,57-65H,4-7H2,1-2H3,(H,52,56)(H,66,67)(H,68,69)(H,70,71)(H,72,73)(H,74,75,76)(H,77,78,79)(H,80,81,82)(H,83,84,85)(H,86,87,88)(H,89,90,91)(H,92,93,94)(H,95,96,97)(H,98,99,100)(H,101,102,103)/t9-,11+,12+,13+,14+,15+,16+,17+,18+,19+,20+,21+,22+,23+,24+,25-,26-,27+,28+,29+,30+,31+,32-,33-,34-,35+,36+,37-,38+,39+,44-,45+,46+,47+,48-,49+,50+,51+/m0/s1. The maximum Gasteiger partial charge on any atom is 0.397 e. The van der Waals surface area contributed by atoms with Gasteiger partial charge < -0.3 is 147 Å². The summed E-state index contributed by atoms with van der Waals surface area (Å²) in [6.07, 6.45) is -103. The predicted octanol–water partition coefficient (Wildman–Crippen LogP) is -19.1. The third-order valence-electron chi connectivity index (χ3n) is 19.1. The van der Waals surface area contributed by atoms with E-state index in [1.54, 1.807) is 0 Å². The molecule has 1 amide bonds. The molecule has 0 bridgehead atoms. The molecular formula is C51H80N4O71S10. The summed E-state index contributed by atoms with van der Waals surface area (Å²) in [6, 6.07) is -11.5. The van der Waals surface area contributed by atoms with E-state index in [2.05, 4.69) is 29.3 Å². The Kier molecular flexibility index (Phi) is 38.2. The van der Waals surface area contributed by atoms with E-state index in [1.165, 1.54) is 4.72 Å². The summed E-state index contributed by atoms with van der Waals surface area (Å²) in [7, 11) is -60.2. The number of methoxy groups -OCH3 is 1. The van der Waals surface area contributed by atoms with Gasteiger partial charge in [0.1, 0.15) is 152 Å². The molecule has 790 valence electrons. The number of ether oxygens (including phenoxy) is 16. The second-order valence-corrected chi connectivity index (χ2v) is 39.6. The Morgan fingerprint density at radius 2 is 0.596 bits per heavy atom. The number of hydrogen-bond donors (Lipinski definition) is 27. The van der Waals surface area contributed by atoms with Gasteiger partial charge in [-0.15, -0.1) is 0 Å². The van der Waals surface area contributed by atoms with Crippen molar-refractivity contribution < 1.29 is 325 Å². The van der Waals surface area contributed by atoms with Crippen LogP contribution in [0.4, 0.5) is 0 Å². The highest BCUT2D eigenvalue weighted by Gasteiger charge is 2.64. The van der Waals surface area contributed by atoms with Gasteiger partial charge in [0, 0.05) is 14.0 Å². The monoisotopic (exact) mass is 2200 g/mol. The fraction of sp³-hybridized carbons (Fsp3) is 0.863. The number of aliphatic hydroxyl groups excluding tert-OH is 9. The van der Waals surface area contributed by atoms with E-state index in [0.29, 0.717) is 20.1 Å². The summed E-state index contributed by atoms with van der Waals surface area (Å²) in [6.45, 7) is -6.84. The van der Waals surface area contributed by atoms with Crippen LogP contribution in [-0.2, 0) is 233 Å². The van der Waals surface area contributed by atoms with Crippen LogP contribution in [-0.4, -0.2) is 493 Å². The number of carboxylic acid groups (broad SMARTS) is 4. The number of rotatable bonds is 44. The first-order valence-corrected chi connectivity index (χ1v) is 49.9. The lowest BCUT2D eigenvalue weighted by Crippen LogP contribution is -2.72. The molecule has 136 heavy (non-hydrogen) atoms. The molecule has 8 aliphatic rings. The highest BCUT2D eigenvalue weighted by Crippen LogP contribution is 2.42. The number of carboxylic acids is 4. The van der Waals surface area contributed by atoms with Crippen LogP contribution in [0.2, 0.25) is 0 Å². The minimum Gasteiger partial charge on any atom is -0.479 e. The van der Waals surface area contributed by atoms with Gasteiger partial charge >= 0.3 is 128 Å². The second kappa shape index (κ2) is 44.9. The Labute approximate surface area is 759 Å². The summed E-state index contributed by atoms with van der Waals surface area (Å²) in [5.41, 5.74) is 0. The summed E-state index contributed by atoms with van der Waals surface area (Å²) >= 11 is 0. The molecule has 0 unspecified atom stereocenters. The zero-order valence-electron chi connectivity index (χ0n) is 66.3. The van der Waals surface area contributed by atoms with Crippen molar-refractivity contribution in [3.63, 3.8) is 0 Å². The van der Waals surface area contributed by atoms with Gasteiger partial charge in [0.25, 0.3) is 0 Å². The molecule has 7 saturated heterocycles. The topological polar surface area (TPSA) is 1150 Å². The Morgan fingerprint density at radius 3 is 0.926 bits per heavy atom. The minimum atomic E-state index is -6.56. The van der Waals surface area contributed by atoms with Gasteiger partial charge in [-0.3, -0.25) is 50.3 Å². The van der Waals surface area contributed by atoms with Crippen molar-refractivity contribution in [3.8, 4) is 0 Å². The van der Waals surface area contributed by atoms with Crippen molar-refractivity contribution in [1.29, 1.82) is 0 Å². The number of amides is 1. The van der Waals surface area contributed by atoms with Crippen molar-refractivity contribution in [2.24, 2.45) is 0 Å². The van der Waals surface area contributed by atoms with Crippen molar-refractivity contribution in [2.75, 3.05) is 33.5 Å². The summed E-state index contributed by atoms with van der Waals surface area (Å²) in [4.78, 5) is 64.5. The molecule has 85 heteroatoms. The highest BCUT2D eigenvalue weighted by molar-refractivity contribution is 7.84. The van der Waals surface area contributed by atoms with E-state index >= 15 is 0 Å². The lowest BCUT2D eigenvalue weighted by Gasteiger charge is -2.51. The Hall–Kier alpha value is -5.37. The van der Waals surface area contributed by atoms with E-state index in [0.717, 1.165) is 9.44 Å². The van der Waals surface area contributed by atoms with E-state index in [-0.39, 0.29) is 0 Å². The lowest BCUT2D eigenvalue weighted by atomic mass is 9.94. The number of carbonyl (C=O) groups is 5. The lowest BCUT2D eigenvalue weighted by molar-refractivity contribution is -0.378. The molecule has 0 aromatic rings. The van der Waals surface area contributed by atoms with Crippen LogP contribution in [0.3, 0.4) is 0 Å². The molecule has 0 aliphatic carbocycles. The van der Waals surface area contributed by atoms with Crippen LogP contribution >= 0.6 is 0 Å². The van der Waals surface area contributed by atoms with Gasteiger partial charge in [-0.25, -0.2) is 48.5 Å². The van der Waals surface area contributed by atoms with E-state index in [1.807, 2.05) is 5.32 Å². The normalized spacial score (nSPS) is 39.0. The smallest absolute Gasteiger partial charge is 0.397 e. The van der Waals surface area contributed by atoms with Gasteiger partial charge in [-0.1, -0.05) is 0 Å². The summed E-state index contributed by atoms with van der Waals surface area (Å²) < 4.78 is 467. The van der Waals surface area contributed by atoms with Gasteiger partial charge in [0.05, 0.1) is 26.4 Å². The molecule has 0 radical (unpaired) electrons. The Balaban J connectivity index is 1.15. The molecule has 7 fully saturated rings. The molecule has 8 rings (SSSR count). The van der Waals surface area contributed by atoms with Crippen LogP contribution in [0.5, 0.6) is 0 Å². The maximum absolute atomic E-state index is 13.5. The van der Waals surface area contributed by atoms with Crippen LogP contribution < -0.4 is 19.5 Å². The predicted molar refractivity (Wildman–Crippen MR) is 392 cm³/mol. The van der Waals surface area contributed by atoms with E-state index < -0.39 is 399 Å². The zero-order valence-corrected chi connectivity index (χ0v) is 74.5. The Morgan fingerprint density at radius 1 is 0.309 bits per heavy atom. The summed E-state index contributed by atoms with van der Waals surface area (Å²) in [5, 5.41) is 148. The molecule has 38 atom stereocenters. The molecule has 0 aromatic carbocycles. The third-order valence-corrected chi connectivity index (χ3v) is 23.9. The molecule has 0 saturated carbocycles. The van der Waals surface area contributed by atoms with Gasteiger partial charge in [-0.2, -0.15) is 98.3 Å². The number of carbonyl (C=O) groups excluding carboxylic acids is 1. The van der Waals surface area contributed by atoms with Gasteiger partial charge in [0.2, 0.25) is 18.0 Å². The van der Waals surface area contributed by atoms with Crippen LogP contribution in [0.1, 0.15) is 6.92 Å². The third kappa shape index (κ3) is 32.3. The van der Waals surface area contributed by atoms with Crippen molar-refractivity contribution in [2.45, 2.75) is 240 Å². The van der Waals surface area contributed by atoms with Gasteiger partial charge in [-0.05, 0) is 6.08 Å². The first-order valence-electron chi connectivity index (χ1n) is 36.0. The average Bonchev–Trinajstić information content (AvgIpc) is 0.754. The summed E-state index contributed by atoms with van der Waals surface area (Å²) in [5.74, 6) is -12.1. The first-order chi connectivity index (χ1) is 61.9. The SMILES string of the molecule is CO[C@H]1O[C@H](COS(=O)(=O)O)[C@@H](O[C@@H]2O[C@@H](C(=O)O)[C@@H](O[C@H]3O[C@H](COS(=O)(=O)O)[C@@H](O[C@@H]4O[C@@H](C(=O)O)[C@@H](O[C@H]5O[C@H](COS(=O)(=O)O)[C@@H](O[C@@H]6O[C@H](C(=O)O)[C@@H](O[C@H]7O[C@H](COS(=O)(=O)O)[C@@H](O[C@@H]8OC(C(=O)O)=C[C@H](O)[C@H]8O)[C@H](O)[C@H]7NC(C)=O)[C@H](O)[C@H]6O)[C@H](OS(=O)(=O)O)[C@H]5NS(=O)(=O)O)[C@H](O)[C@H]4OS(=O)(=O)O)[C@H](O)[C@H]3NS(=O)(=O)O)[C@H](O)[C@H]2OS(=O)(=O)O)[C@H](O)[C@H]1NS(=O)(=O)O. The molecule has 8 heterocycles. The van der Waals surface area contributed by atoms with Crippen LogP contribution in [0.15, 0.2) is 11.8 Å². The zero-order chi connectivity index (χ0) is 103. The quantitative estimate of drug-likeness (QED) is 0.0252. The maximum atomic E-state index is 13.5. The van der Waals surface area contributed by atoms with E-state index in [4.69, 9.17) is 75.8 Å². The fourth-order valence-corrected chi connectivity index (χ4v) is 18.4. The van der Waals surface area contributed by atoms with Gasteiger partial charge in [0.15, 0.2) is 74.6 Å². The van der Waals surface area contributed by atoms with Crippen LogP contribution in [0.25, 0.3) is 0 Å². The molecule has 0 aromatic heterocycles. The van der Waals surface area contributed by atoms with Crippen molar-refractivity contribution >= 4 is 133 Å². The Bertz CT molecular complexity index is 5490. The number of hydrogen-bond acceptors (Lipinski definition) is 57. The van der Waals surface area contributed by atoms with Crippen molar-refractivity contribution in [3.05, 3.63) is 11.8 Å². The largest absolute Gasteiger partial charge is 0.479 e. The van der Waals surface area contributed by atoms with E-state index in [9.17, 15) is 220 Å². The first kappa shape index (κ1) is 116. The number of aliphatic carboxylic acids is 4. The molecule has 27 N–H and O–H groups in total. The average molecular weight is 2210 g/mol. The van der Waals surface area contributed by atoms with Crippen molar-refractivity contribution in [1.82, 2.24) is 19.5 Å². The molecule has 0 spiro atoms. The molecular weight excluding hydrogens is 2130 g/mol. The number of nitrogens with one attached hydrogen (secondary N) is 4. The second-order valence-electron chi connectivity index (χ2n) is 28.5.